The number of amidine groups is 1. The first-order valence-corrected chi connectivity index (χ1v) is 9.73. The number of aliphatic imine (C=N–C) groups is 1. The fourth-order valence-electron chi connectivity index (χ4n) is 5.38. The van der Waals surface area contributed by atoms with Crippen molar-refractivity contribution >= 4 is 5.84 Å². The van der Waals surface area contributed by atoms with Crippen molar-refractivity contribution in [3.8, 4) is 11.1 Å². The van der Waals surface area contributed by atoms with Crippen molar-refractivity contribution in [3.05, 3.63) is 59.9 Å². The molecule has 1 unspecified atom stereocenters. The summed E-state index contributed by atoms with van der Waals surface area (Å²) in [6, 6.07) is 6.36. The maximum atomic E-state index is 14.6. The second kappa shape index (κ2) is 6.21. The standard InChI is InChI=1S/C22H23FN4O/c1-28-17-4-6-21(7-5-17)9-15-3-2-14(16-11-25-13-26-12-16)8-18(15)22(21)10-19(23)20(24)27-22/h2-3,8,10-13,17H,4-7,9H2,1H3,(H2,24,27)/t17-,21+,22?. The van der Waals surface area contributed by atoms with Crippen molar-refractivity contribution in [2.24, 2.45) is 16.1 Å². The zero-order valence-corrected chi connectivity index (χ0v) is 15.9. The first-order chi connectivity index (χ1) is 13.6. The first-order valence-electron chi connectivity index (χ1n) is 9.73. The molecule has 1 atom stereocenters. The molecule has 1 aromatic carbocycles. The topological polar surface area (TPSA) is 73.4 Å². The Morgan fingerprint density at radius 3 is 2.54 bits per heavy atom. The van der Waals surface area contributed by atoms with Gasteiger partial charge in [-0.05, 0) is 60.9 Å². The fourth-order valence-corrected chi connectivity index (χ4v) is 5.38. The molecule has 2 aliphatic carbocycles. The van der Waals surface area contributed by atoms with E-state index in [1.165, 1.54) is 11.9 Å². The normalized spacial score (nSPS) is 31.1. The molecule has 1 aromatic heterocycles. The summed E-state index contributed by atoms with van der Waals surface area (Å²) in [6.45, 7) is 0. The molecule has 2 aromatic rings. The number of methoxy groups -OCH3 is 1. The Morgan fingerprint density at radius 2 is 1.89 bits per heavy atom. The van der Waals surface area contributed by atoms with E-state index in [0.29, 0.717) is 0 Å². The lowest BCUT2D eigenvalue weighted by molar-refractivity contribution is 0.00815. The van der Waals surface area contributed by atoms with Crippen molar-refractivity contribution in [1.29, 1.82) is 0 Å². The van der Waals surface area contributed by atoms with Gasteiger partial charge in [-0.25, -0.2) is 19.4 Å². The van der Waals surface area contributed by atoms with Crippen molar-refractivity contribution in [1.82, 2.24) is 9.97 Å². The van der Waals surface area contributed by atoms with Crippen molar-refractivity contribution in [2.75, 3.05) is 7.11 Å². The summed E-state index contributed by atoms with van der Waals surface area (Å²) in [5, 5.41) is 0. The Kier molecular flexibility index (Phi) is 3.88. The zero-order chi connectivity index (χ0) is 19.4. The third-order valence-corrected chi connectivity index (χ3v) is 6.85. The van der Waals surface area contributed by atoms with E-state index in [1.807, 2.05) is 0 Å². The minimum absolute atomic E-state index is 0.00883. The van der Waals surface area contributed by atoms with Crippen LogP contribution in [-0.4, -0.2) is 29.0 Å². The number of hydrogen-bond donors (Lipinski definition) is 1. The van der Waals surface area contributed by atoms with Crippen LogP contribution in [0.25, 0.3) is 11.1 Å². The summed E-state index contributed by atoms with van der Waals surface area (Å²) < 4.78 is 20.2. The molecule has 5 rings (SSSR count). The van der Waals surface area contributed by atoms with Crippen LogP contribution >= 0.6 is 0 Å². The van der Waals surface area contributed by atoms with Crippen LogP contribution in [0.15, 0.2) is 53.8 Å². The van der Waals surface area contributed by atoms with Crippen molar-refractivity contribution in [2.45, 2.75) is 43.7 Å². The number of aromatic nitrogens is 2. The smallest absolute Gasteiger partial charge is 0.163 e. The van der Waals surface area contributed by atoms with E-state index in [1.54, 1.807) is 25.6 Å². The van der Waals surface area contributed by atoms with Gasteiger partial charge in [0.05, 0.1) is 6.10 Å². The highest BCUT2D eigenvalue weighted by atomic mass is 19.1. The number of nitrogens with zero attached hydrogens (tertiary/aromatic N) is 3. The second-order valence-corrected chi connectivity index (χ2v) is 8.15. The highest BCUT2D eigenvalue weighted by molar-refractivity contribution is 5.98. The van der Waals surface area contributed by atoms with Gasteiger partial charge in [-0.15, -0.1) is 0 Å². The number of fused-ring (bicyclic) bond motifs is 3. The molecule has 1 fully saturated rings. The molecule has 28 heavy (non-hydrogen) atoms. The third-order valence-electron chi connectivity index (χ3n) is 6.85. The van der Waals surface area contributed by atoms with Crippen LogP contribution in [0.3, 0.4) is 0 Å². The Labute approximate surface area is 163 Å². The number of nitrogens with two attached hydrogens (primary N) is 1. The second-order valence-electron chi connectivity index (χ2n) is 8.15. The number of halogens is 1. The molecular formula is C22H23FN4O. The average Bonchev–Trinajstić information content (AvgIpc) is 3.17. The Morgan fingerprint density at radius 1 is 1.14 bits per heavy atom. The SMILES string of the molecule is CO[C@H]1CC[C@@]2(CC1)Cc1ccc(-c3cncnc3)cc1C21C=C(F)C(N)=N1. The maximum absolute atomic E-state index is 14.6. The van der Waals surface area contributed by atoms with Gasteiger partial charge in [0.25, 0.3) is 0 Å². The van der Waals surface area contributed by atoms with Gasteiger partial charge in [-0.3, -0.25) is 0 Å². The largest absolute Gasteiger partial charge is 0.382 e. The summed E-state index contributed by atoms with van der Waals surface area (Å²) in [5.41, 5.74) is 9.27. The molecule has 0 bridgehead atoms. The van der Waals surface area contributed by atoms with Gasteiger partial charge in [0.1, 0.15) is 11.9 Å². The fraction of sp³-hybridized carbons (Fsp3) is 0.409. The molecule has 0 amide bonds. The van der Waals surface area contributed by atoms with E-state index in [4.69, 9.17) is 15.5 Å². The molecule has 0 saturated heterocycles. The highest BCUT2D eigenvalue weighted by Crippen LogP contribution is 2.62. The van der Waals surface area contributed by atoms with Crippen LogP contribution < -0.4 is 5.73 Å². The molecular weight excluding hydrogens is 355 g/mol. The lowest BCUT2D eigenvalue weighted by Gasteiger charge is -2.45. The van der Waals surface area contributed by atoms with E-state index >= 15 is 0 Å². The van der Waals surface area contributed by atoms with Gasteiger partial charge in [0.15, 0.2) is 11.7 Å². The Bertz CT molecular complexity index is 959. The predicted octanol–water partition coefficient (Wildman–Crippen LogP) is 3.69. The predicted molar refractivity (Wildman–Crippen MR) is 105 cm³/mol. The van der Waals surface area contributed by atoms with Gasteiger partial charge in [0, 0.05) is 30.5 Å². The minimum atomic E-state index is -0.735. The van der Waals surface area contributed by atoms with Gasteiger partial charge in [0.2, 0.25) is 0 Å². The van der Waals surface area contributed by atoms with E-state index in [-0.39, 0.29) is 17.4 Å². The molecule has 2 spiro atoms. The molecule has 0 radical (unpaired) electrons. The van der Waals surface area contributed by atoms with Crippen LogP contribution in [0.1, 0.15) is 36.8 Å². The summed E-state index contributed by atoms with van der Waals surface area (Å²) in [4.78, 5) is 13.0. The summed E-state index contributed by atoms with van der Waals surface area (Å²) in [5.74, 6) is -0.399. The van der Waals surface area contributed by atoms with E-state index in [2.05, 4.69) is 28.2 Å². The van der Waals surface area contributed by atoms with Gasteiger partial charge in [-0.1, -0.05) is 12.1 Å². The summed E-state index contributed by atoms with van der Waals surface area (Å²) in [7, 11) is 1.77. The lowest BCUT2D eigenvalue weighted by atomic mass is 9.62. The summed E-state index contributed by atoms with van der Waals surface area (Å²) in [6.07, 6.45) is 11.7. The van der Waals surface area contributed by atoms with E-state index in [9.17, 15) is 4.39 Å². The van der Waals surface area contributed by atoms with Gasteiger partial charge < -0.3 is 10.5 Å². The maximum Gasteiger partial charge on any atom is 0.163 e. The van der Waals surface area contributed by atoms with Gasteiger partial charge >= 0.3 is 0 Å². The van der Waals surface area contributed by atoms with Gasteiger partial charge in [-0.2, -0.15) is 0 Å². The molecule has 2 heterocycles. The number of benzene rings is 1. The van der Waals surface area contributed by atoms with E-state index in [0.717, 1.165) is 48.8 Å². The molecule has 1 aliphatic heterocycles. The van der Waals surface area contributed by atoms with Crippen LogP contribution in [0, 0.1) is 5.41 Å². The number of ether oxygens (including phenoxy) is 1. The van der Waals surface area contributed by atoms with Crippen LogP contribution in [0.2, 0.25) is 0 Å². The van der Waals surface area contributed by atoms with Crippen LogP contribution in [-0.2, 0) is 16.7 Å². The first kappa shape index (κ1) is 17.5. The molecule has 2 N–H and O–H groups in total. The number of hydrogen-bond acceptors (Lipinski definition) is 5. The Balaban J connectivity index is 1.65. The third kappa shape index (κ3) is 2.37. The van der Waals surface area contributed by atoms with Crippen molar-refractivity contribution in [3.63, 3.8) is 0 Å². The molecule has 6 heteroatoms. The molecule has 3 aliphatic rings. The average molecular weight is 378 g/mol. The van der Waals surface area contributed by atoms with Crippen molar-refractivity contribution < 1.29 is 9.13 Å². The minimum Gasteiger partial charge on any atom is -0.382 e. The quantitative estimate of drug-likeness (QED) is 0.865. The zero-order valence-electron chi connectivity index (χ0n) is 15.9. The molecule has 1 saturated carbocycles. The lowest BCUT2D eigenvalue weighted by Crippen LogP contribution is -2.43. The van der Waals surface area contributed by atoms with Crippen LogP contribution in [0.5, 0.6) is 0 Å². The summed E-state index contributed by atoms with van der Waals surface area (Å²) >= 11 is 0. The Hall–Kier alpha value is -2.60. The molecule has 5 nitrogen and oxygen atoms in total. The monoisotopic (exact) mass is 378 g/mol. The van der Waals surface area contributed by atoms with E-state index < -0.39 is 11.4 Å². The molecule has 144 valence electrons. The van der Waals surface area contributed by atoms with Crippen LogP contribution in [0.4, 0.5) is 4.39 Å². The number of rotatable bonds is 2. The highest BCUT2D eigenvalue weighted by Gasteiger charge is 2.59.